The predicted molar refractivity (Wildman–Crippen MR) is 74.9 cm³/mol. The van der Waals surface area contributed by atoms with E-state index >= 15 is 0 Å². The molecule has 0 radical (unpaired) electrons. The summed E-state index contributed by atoms with van der Waals surface area (Å²) in [5, 5.41) is 3.61. The van der Waals surface area contributed by atoms with E-state index in [2.05, 4.69) is 5.32 Å². The minimum atomic E-state index is -2.74. The third-order valence-corrected chi connectivity index (χ3v) is 6.87. The predicted octanol–water partition coefficient (Wildman–Crippen LogP) is 1.50. The van der Waals surface area contributed by atoms with Crippen LogP contribution >= 0.6 is 0 Å². The fraction of sp³-hybridized carbons (Fsp3) is 1.00. The van der Waals surface area contributed by atoms with Crippen molar-refractivity contribution in [2.75, 3.05) is 24.7 Å². The van der Waals surface area contributed by atoms with E-state index in [1.165, 1.54) is 25.7 Å². The van der Waals surface area contributed by atoms with E-state index in [0.717, 1.165) is 32.4 Å². The molecule has 0 amide bonds. The first kappa shape index (κ1) is 13.8. The van der Waals surface area contributed by atoms with Crippen LogP contribution in [0.5, 0.6) is 0 Å². The molecule has 2 heterocycles. The average Bonchev–Trinajstić information content (AvgIpc) is 2.94. The fourth-order valence-electron chi connectivity index (χ4n) is 3.94. The van der Waals surface area contributed by atoms with Crippen molar-refractivity contribution in [3.8, 4) is 0 Å². The second-order valence-electron chi connectivity index (χ2n) is 6.61. The number of rotatable bonds is 3. The van der Waals surface area contributed by atoms with E-state index < -0.39 is 9.84 Å². The molecule has 1 aliphatic carbocycles. The molecule has 19 heavy (non-hydrogen) atoms. The lowest BCUT2D eigenvalue weighted by Crippen LogP contribution is -2.46. The van der Waals surface area contributed by atoms with Gasteiger partial charge in [0.15, 0.2) is 9.84 Å². The largest absolute Gasteiger partial charge is 0.375 e. The molecule has 4 nitrogen and oxygen atoms in total. The lowest BCUT2D eigenvalue weighted by molar-refractivity contribution is -0.0838. The van der Waals surface area contributed by atoms with Gasteiger partial charge in [0, 0.05) is 12.6 Å². The van der Waals surface area contributed by atoms with Crippen LogP contribution in [0.25, 0.3) is 0 Å². The maximum Gasteiger partial charge on any atom is 0.150 e. The summed E-state index contributed by atoms with van der Waals surface area (Å²) in [7, 11) is -2.74. The summed E-state index contributed by atoms with van der Waals surface area (Å²) < 4.78 is 28.9. The van der Waals surface area contributed by atoms with Crippen LogP contribution in [0.3, 0.4) is 0 Å². The Bertz CT molecular complexity index is 414. The first-order chi connectivity index (χ1) is 9.07. The first-order valence-corrected chi connectivity index (χ1v) is 9.47. The van der Waals surface area contributed by atoms with Gasteiger partial charge in [0.2, 0.25) is 0 Å². The second-order valence-corrected chi connectivity index (χ2v) is 8.83. The summed E-state index contributed by atoms with van der Waals surface area (Å²) in [6, 6.07) is 0.523. The third kappa shape index (κ3) is 3.31. The van der Waals surface area contributed by atoms with Gasteiger partial charge in [-0.25, -0.2) is 8.42 Å². The molecule has 1 N–H and O–H groups in total. The molecule has 3 aliphatic rings. The van der Waals surface area contributed by atoms with Crippen molar-refractivity contribution in [2.45, 2.75) is 56.6 Å². The highest BCUT2D eigenvalue weighted by molar-refractivity contribution is 7.91. The van der Waals surface area contributed by atoms with E-state index in [4.69, 9.17) is 4.74 Å². The standard InChI is InChI=1S/C14H25NO3S/c16-19(17)8-4-12(11-19)10-15-13-3-7-18-14(9-13)5-1-2-6-14/h12-13,15H,1-11H2. The fourth-order valence-corrected chi connectivity index (χ4v) is 5.80. The Hall–Kier alpha value is -0.130. The van der Waals surface area contributed by atoms with Gasteiger partial charge in [0.05, 0.1) is 17.1 Å². The van der Waals surface area contributed by atoms with Gasteiger partial charge in [-0.3, -0.25) is 0 Å². The van der Waals surface area contributed by atoms with Crippen molar-refractivity contribution in [1.29, 1.82) is 0 Å². The Balaban J connectivity index is 1.48. The first-order valence-electron chi connectivity index (χ1n) is 7.65. The van der Waals surface area contributed by atoms with Gasteiger partial charge < -0.3 is 10.1 Å². The minimum Gasteiger partial charge on any atom is -0.375 e. The highest BCUT2D eigenvalue weighted by Crippen LogP contribution is 2.40. The summed E-state index contributed by atoms with van der Waals surface area (Å²) in [6.07, 6.45) is 8.05. The molecule has 3 rings (SSSR count). The average molecular weight is 287 g/mol. The topological polar surface area (TPSA) is 55.4 Å². The van der Waals surface area contributed by atoms with E-state index in [-0.39, 0.29) is 5.60 Å². The van der Waals surface area contributed by atoms with Crippen LogP contribution < -0.4 is 5.32 Å². The Morgan fingerprint density at radius 3 is 2.68 bits per heavy atom. The van der Waals surface area contributed by atoms with Gasteiger partial charge >= 0.3 is 0 Å². The van der Waals surface area contributed by atoms with Gasteiger partial charge in [-0.15, -0.1) is 0 Å². The molecule has 1 spiro atoms. The number of sulfone groups is 1. The zero-order valence-electron chi connectivity index (χ0n) is 11.6. The van der Waals surface area contributed by atoms with Crippen LogP contribution in [0.2, 0.25) is 0 Å². The Morgan fingerprint density at radius 2 is 2.00 bits per heavy atom. The van der Waals surface area contributed by atoms with E-state index in [1.54, 1.807) is 0 Å². The summed E-state index contributed by atoms with van der Waals surface area (Å²) in [5.74, 6) is 1.10. The number of ether oxygens (including phenoxy) is 1. The molecule has 110 valence electrons. The second kappa shape index (κ2) is 5.34. The van der Waals surface area contributed by atoms with Crippen LogP contribution in [0.4, 0.5) is 0 Å². The zero-order chi connectivity index (χ0) is 13.3. The van der Waals surface area contributed by atoms with Crippen molar-refractivity contribution in [2.24, 2.45) is 5.92 Å². The molecule has 0 aromatic rings. The summed E-state index contributed by atoms with van der Waals surface area (Å²) in [5.41, 5.74) is 0.150. The van der Waals surface area contributed by atoms with Gasteiger partial charge in [0.25, 0.3) is 0 Å². The summed E-state index contributed by atoms with van der Waals surface area (Å²) >= 11 is 0. The molecule has 3 fully saturated rings. The maximum atomic E-state index is 11.4. The van der Waals surface area contributed by atoms with E-state index in [9.17, 15) is 8.42 Å². The van der Waals surface area contributed by atoms with Crippen molar-refractivity contribution >= 4 is 9.84 Å². The molecule has 5 heteroatoms. The molecule has 2 unspecified atom stereocenters. The van der Waals surface area contributed by atoms with Crippen LogP contribution in [-0.4, -0.2) is 44.7 Å². The molecule has 2 saturated heterocycles. The van der Waals surface area contributed by atoms with E-state index in [1.807, 2.05) is 0 Å². The Labute approximate surface area is 116 Å². The maximum absolute atomic E-state index is 11.4. The molecular formula is C14H25NO3S. The van der Waals surface area contributed by atoms with Crippen molar-refractivity contribution in [3.63, 3.8) is 0 Å². The Morgan fingerprint density at radius 1 is 1.21 bits per heavy atom. The molecule has 1 saturated carbocycles. The van der Waals surface area contributed by atoms with Gasteiger partial charge in [-0.05, 0) is 44.6 Å². The van der Waals surface area contributed by atoms with Crippen molar-refractivity contribution < 1.29 is 13.2 Å². The molecule has 0 aromatic carbocycles. The third-order valence-electron chi connectivity index (χ3n) is 5.03. The zero-order valence-corrected chi connectivity index (χ0v) is 12.4. The normalized spacial score (nSPS) is 36.8. The lowest BCUT2D eigenvalue weighted by atomic mass is 9.88. The smallest absolute Gasteiger partial charge is 0.150 e. The number of nitrogens with one attached hydrogen (secondary N) is 1. The SMILES string of the molecule is O=S1(=O)CCC(CNC2CCOC3(CCCC3)C2)C1. The Kier molecular flexibility index (Phi) is 3.89. The van der Waals surface area contributed by atoms with Crippen LogP contribution in [0, 0.1) is 5.92 Å². The van der Waals surface area contributed by atoms with Crippen LogP contribution in [0.15, 0.2) is 0 Å². The molecule has 0 bridgehead atoms. The quantitative estimate of drug-likeness (QED) is 0.855. The highest BCUT2D eigenvalue weighted by atomic mass is 32.2. The van der Waals surface area contributed by atoms with Crippen LogP contribution in [0.1, 0.15) is 44.9 Å². The summed E-state index contributed by atoms with van der Waals surface area (Å²) in [6.45, 7) is 1.72. The number of hydrogen-bond donors (Lipinski definition) is 1. The van der Waals surface area contributed by atoms with Crippen LogP contribution in [-0.2, 0) is 14.6 Å². The lowest BCUT2D eigenvalue weighted by Gasteiger charge is -2.39. The monoisotopic (exact) mass is 287 g/mol. The number of hydrogen-bond acceptors (Lipinski definition) is 4. The molecule has 0 aromatic heterocycles. The van der Waals surface area contributed by atoms with Crippen molar-refractivity contribution in [3.05, 3.63) is 0 Å². The summed E-state index contributed by atoms with van der Waals surface area (Å²) in [4.78, 5) is 0. The highest BCUT2D eigenvalue weighted by Gasteiger charge is 2.40. The van der Waals surface area contributed by atoms with Gasteiger partial charge in [-0.2, -0.15) is 0 Å². The minimum absolute atomic E-state index is 0.150. The van der Waals surface area contributed by atoms with Gasteiger partial charge in [0.1, 0.15) is 0 Å². The van der Waals surface area contributed by atoms with Gasteiger partial charge in [-0.1, -0.05) is 12.8 Å². The van der Waals surface area contributed by atoms with Crippen molar-refractivity contribution in [1.82, 2.24) is 5.32 Å². The molecule has 2 aliphatic heterocycles. The molecule has 2 atom stereocenters. The molecular weight excluding hydrogens is 262 g/mol. The van der Waals surface area contributed by atoms with E-state index in [0.29, 0.717) is 23.5 Å².